The van der Waals surface area contributed by atoms with Crippen molar-refractivity contribution < 1.29 is 13.6 Å². The van der Waals surface area contributed by atoms with E-state index in [2.05, 4.69) is 0 Å². The molecule has 18 heavy (non-hydrogen) atoms. The Labute approximate surface area is 104 Å². The van der Waals surface area contributed by atoms with Crippen LogP contribution in [0.1, 0.15) is 13.3 Å². The third-order valence-corrected chi connectivity index (χ3v) is 3.48. The van der Waals surface area contributed by atoms with Gasteiger partial charge in [0.25, 0.3) is 0 Å². The Bertz CT molecular complexity index is 506. The van der Waals surface area contributed by atoms with Crippen LogP contribution in [0.5, 0.6) is 0 Å². The first-order valence-electron chi connectivity index (χ1n) is 5.63. The Kier molecular flexibility index (Phi) is 2.88. The number of primary amides is 1. The summed E-state index contributed by atoms with van der Waals surface area (Å²) in [5.74, 6) is -1.90. The first kappa shape index (κ1) is 12.6. The zero-order valence-corrected chi connectivity index (χ0v) is 10.0. The summed E-state index contributed by atoms with van der Waals surface area (Å²) >= 11 is 0. The zero-order valence-electron chi connectivity index (χ0n) is 10.0. The maximum atomic E-state index is 13.4. The van der Waals surface area contributed by atoms with Gasteiger partial charge in [-0.3, -0.25) is 4.79 Å². The molecule has 0 aliphatic carbocycles. The van der Waals surface area contributed by atoms with E-state index < -0.39 is 23.0 Å². The lowest BCUT2D eigenvalue weighted by atomic mass is 9.89. The first-order valence-corrected chi connectivity index (χ1v) is 5.63. The van der Waals surface area contributed by atoms with E-state index in [0.717, 1.165) is 6.07 Å². The van der Waals surface area contributed by atoms with E-state index in [1.165, 1.54) is 6.07 Å². The maximum Gasteiger partial charge on any atom is 0.225 e. The molecule has 1 amide bonds. The van der Waals surface area contributed by atoms with E-state index in [1.807, 2.05) is 0 Å². The van der Waals surface area contributed by atoms with Crippen LogP contribution in [-0.2, 0) is 4.79 Å². The van der Waals surface area contributed by atoms with E-state index in [0.29, 0.717) is 19.5 Å². The van der Waals surface area contributed by atoms with E-state index >= 15 is 0 Å². The van der Waals surface area contributed by atoms with Crippen molar-refractivity contribution in [2.75, 3.05) is 23.7 Å². The Morgan fingerprint density at radius 1 is 1.44 bits per heavy atom. The minimum atomic E-state index is -0.794. The average Bonchev–Trinajstić information content (AvgIpc) is 2.67. The summed E-state index contributed by atoms with van der Waals surface area (Å²) in [7, 11) is 0. The summed E-state index contributed by atoms with van der Waals surface area (Å²) in [6, 6.07) is 1.91. The number of amides is 1. The summed E-state index contributed by atoms with van der Waals surface area (Å²) in [6.45, 7) is 2.54. The quantitative estimate of drug-likeness (QED) is 0.781. The van der Waals surface area contributed by atoms with Gasteiger partial charge in [-0.15, -0.1) is 0 Å². The molecule has 1 aliphatic heterocycles. The molecule has 0 spiro atoms. The average molecular weight is 255 g/mol. The van der Waals surface area contributed by atoms with Gasteiger partial charge in [-0.2, -0.15) is 0 Å². The summed E-state index contributed by atoms with van der Waals surface area (Å²) in [5.41, 5.74) is 10.4. The van der Waals surface area contributed by atoms with Crippen molar-refractivity contribution in [3.8, 4) is 0 Å². The van der Waals surface area contributed by atoms with Crippen LogP contribution in [0.3, 0.4) is 0 Å². The van der Waals surface area contributed by atoms with Crippen LogP contribution in [0.4, 0.5) is 20.2 Å². The zero-order chi connectivity index (χ0) is 13.5. The van der Waals surface area contributed by atoms with Gasteiger partial charge in [0, 0.05) is 19.2 Å². The number of rotatable bonds is 2. The van der Waals surface area contributed by atoms with Crippen LogP contribution in [0.25, 0.3) is 0 Å². The number of benzene rings is 1. The molecule has 1 aliphatic rings. The minimum absolute atomic E-state index is 0.106. The summed E-state index contributed by atoms with van der Waals surface area (Å²) < 4.78 is 26.6. The third kappa shape index (κ3) is 1.98. The number of nitrogen functional groups attached to an aromatic ring is 1. The van der Waals surface area contributed by atoms with Crippen molar-refractivity contribution in [1.82, 2.24) is 0 Å². The topological polar surface area (TPSA) is 72.4 Å². The van der Waals surface area contributed by atoms with Crippen LogP contribution in [-0.4, -0.2) is 19.0 Å². The highest BCUT2D eigenvalue weighted by atomic mass is 19.1. The fourth-order valence-electron chi connectivity index (χ4n) is 2.20. The standard InChI is InChI=1S/C12H15F2N3O/c1-12(11(16)18)2-3-17(6-12)9-5-7(13)4-8(14)10(9)15/h4-5H,2-3,6,15H2,1H3,(H2,16,18). The number of halogens is 2. The highest BCUT2D eigenvalue weighted by molar-refractivity contribution is 5.82. The predicted molar refractivity (Wildman–Crippen MR) is 64.9 cm³/mol. The fourth-order valence-corrected chi connectivity index (χ4v) is 2.20. The molecule has 98 valence electrons. The van der Waals surface area contributed by atoms with Crippen molar-refractivity contribution in [2.24, 2.45) is 11.1 Å². The number of carbonyl (C=O) groups is 1. The molecule has 0 radical (unpaired) electrons. The van der Waals surface area contributed by atoms with Gasteiger partial charge >= 0.3 is 0 Å². The molecule has 1 unspecified atom stereocenters. The monoisotopic (exact) mass is 255 g/mol. The molecular formula is C12H15F2N3O. The number of nitrogens with zero attached hydrogens (tertiary/aromatic N) is 1. The van der Waals surface area contributed by atoms with Crippen LogP contribution in [0.15, 0.2) is 12.1 Å². The second-order valence-corrected chi connectivity index (χ2v) is 4.92. The van der Waals surface area contributed by atoms with Gasteiger partial charge in [0.05, 0.1) is 16.8 Å². The molecule has 1 saturated heterocycles. The van der Waals surface area contributed by atoms with Gasteiger partial charge < -0.3 is 16.4 Å². The summed E-state index contributed by atoms with van der Waals surface area (Å²) in [4.78, 5) is 13.0. The van der Waals surface area contributed by atoms with Crippen molar-refractivity contribution in [2.45, 2.75) is 13.3 Å². The normalized spacial score (nSPS) is 23.4. The van der Waals surface area contributed by atoms with E-state index in [9.17, 15) is 13.6 Å². The molecule has 4 N–H and O–H groups in total. The van der Waals surface area contributed by atoms with Gasteiger partial charge in [-0.05, 0) is 19.4 Å². The lowest BCUT2D eigenvalue weighted by molar-refractivity contribution is -0.125. The molecule has 1 heterocycles. The largest absolute Gasteiger partial charge is 0.395 e. The van der Waals surface area contributed by atoms with Crippen LogP contribution in [0.2, 0.25) is 0 Å². The number of hydrogen-bond donors (Lipinski definition) is 2. The predicted octanol–water partition coefficient (Wildman–Crippen LogP) is 1.25. The Morgan fingerprint density at radius 3 is 2.67 bits per heavy atom. The van der Waals surface area contributed by atoms with Crippen molar-refractivity contribution in [3.63, 3.8) is 0 Å². The number of nitrogens with two attached hydrogens (primary N) is 2. The van der Waals surface area contributed by atoms with Crippen LogP contribution in [0, 0.1) is 17.0 Å². The van der Waals surface area contributed by atoms with E-state index in [-0.39, 0.29) is 11.4 Å². The Morgan fingerprint density at radius 2 is 2.11 bits per heavy atom. The molecule has 1 aromatic carbocycles. The smallest absolute Gasteiger partial charge is 0.225 e. The van der Waals surface area contributed by atoms with E-state index in [1.54, 1.807) is 11.8 Å². The Hall–Kier alpha value is -1.85. The molecule has 1 atom stereocenters. The van der Waals surface area contributed by atoms with Crippen LogP contribution < -0.4 is 16.4 Å². The van der Waals surface area contributed by atoms with Crippen molar-refractivity contribution in [1.29, 1.82) is 0 Å². The number of carbonyl (C=O) groups excluding carboxylic acids is 1. The Balaban J connectivity index is 2.33. The van der Waals surface area contributed by atoms with Gasteiger partial charge in [0.1, 0.15) is 5.82 Å². The van der Waals surface area contributed by atoms with Crippen molar-refractivity contribution >= 4 is 17.3 Å². The van der Waals surface area contributed by atoms with Gasteiger partial charge in [0.15, 0.2) is 5.82 Å². The molecular weight excluding hydrogens is 240 g/mol. The second kappa shape index (κ2) is 4.12. The third-order valence-electron chi connectivity index (χ3n) is 3.48. The molecule has 4 nitrogen and oxygen atoms in total. The van der Waals surface area contributed by atoms with Gasteiger partial charge in [-0.25, -0.2) is 8.78 Å². The molecule has 1 aromatic rings. The lowest BCUT2D eigenvalue weighted by Gasteiger charge is -2.23. The van der Waals surface area contributed by atoms with Crippen molar-refractivity contribution in [3.05, 3.63) is 23.8 Å². The summed E-state index contributed by atoms with van der Waals surface area (Å²) in [6.07, 6.45) is 0.542. The highest BCUT2D eigenvalue weighted by Gasteiger charge is 2.39. The molecule has 0 bridgehead atoms. The second-order valence-electron chi connectivity index (χ2n) is 4.92. The maximum absolute atomic E-state index is 13.4. The highest BCUT2D eigenvalue weighted by Crippen LogP contribution is 2.36. The number of hydrogen-bond acceptors (Lipinski definition) is 3. The lowest BCUT2D eigenvalue weighted by Crippen LogP contribution is -2.37. The molecule has 2 rings (SSSR count). The SMILES string of the molecule is CC1(C(N)=O)CCN(c2cc(F)cc(F)c2N)C1. The molecule has 1 fully saturated rings. The van der Waals surface area contributed by atoms with Gasteiger partial charge in [0.2, 0.25) is 5.91 Å². The van der Waals surface area contributed by atoms with Gasteiger partial charge in [-0.1, -0.05) is 0 Å². The molecule has 0 aromatic heterocycles. The molecule has 6 heteroatoms. The minimum Gasteiger partial charge on any atom is -0.395 e. The van der Waals surface area contributed by atoms with E-state index in [4.69, 9.17) is 11.5 Å². The summed E-state index contributed by atoms with van der Waals surface area (Å²) in [5, 5.41) is 0. The molecule has 0 saturated carbocycles. The first-order chi connectivity index (χ1) is 8.33. The van der Waals surface area contributed by atoms with Crippen LogP contribution >= 0.6 is 0 Å². The number of anilines is 2. The fraction of sp³-hybridized carbons (Fsp3) is 0.417.